The van der Waals surface area contributed by atoms with Gasteiger partial charge in [0, 0.05) is 16.6 Å². The van der Waals surface area contributed by atoms with Crippen molar-refractivity contribution in [2.75, 3.05) is 16.8 Å². The van der Waals surface area contributed by atoms with E-state index >= 15 is 0 Å². The molecule has 0 unspecified atom stereocenters. The first-order valence-electron chi connectivity index (χ1n) is 9.13. The minimum atomic E-state index is -0.448. The number of hydrogen-bond acceptors (Lipinski definition) is 4. The van der Waals surface area contributed by atoms with Crippen LogP contribution in [0.3, 0.4) is 0 Å². The lowest BCUT2D eigenvalue weighted by Crippen LogP contribution is -2.42. The summed E-state index contributed by atoms with van der Waals surface area (Å²) in [5.41, 5.74) is 9.55. The number of nitrogens with zero attached hydrogens (tertiary/aromatic N) is 1. The Bertz CT molecular complexity index is 874. The van der Waals surface area contributed by atoms with E-state index in [-0.39, 0.29) is 12.5 Å². The number of nitrogens with one attached hydrogen (secondary N) is 1. The van der Waals surface area contributed by atoms with Gasteiger partial charge in [-0.3, -0.25) is 9.59 Å². The first-order valence-corrected chi connectivity index (χ1v) is 9.95. The molecule has 0 saturated carbocycles. The highest BCUT2D eigenvalue weighted by Crippen LogP contribution is 2.39. The number of benzene rings is 1. The number of aryl methyl sites for hydroxylation is 2. The van der Waals surface area contributed by atoms with Crippen LogP contribution in [0.1, 0.15) is 46.1 Å². The maximum atomic E-state index is 12.7. The zero-order valence-electron chi connectivity index (χ0n) is 14.9. The van der Waals surface area contributed by atoms with E-state index in [2.05, 4.69) is 29.3 Å². The van der Waals surface area contributed by atoms with Gasteiger partial charge in [0.1, 0.15) is 5.00 Å². The smallest absolute Gasteiger partial charge is 0.251 e. The fraction of sp³-hybridized carbons (Fsp3) is 0.400. The van der Waals surface area contributed by atoms with Crippen LogP contribution < -0.4 is 16.0 Å². The number of thiophene rings is 1. The van der Waals surface area contributed by atoms with Crippen LogP contribution in [0.25, 0.3) is 0 Å². The zero-order chi connectivity index (χ0) is 18.3. The Morgan fingerprint density at radius 2 is 2.08 bits per heavy atom. The van der Waals surface area contributed by atoms with Crippen molar-refractivity contribution in [2.24, 2.45) is 5.73 Å². The van der Waals surface area contributed by atoms with Gasteiger partial charge in [-0.2, -0.15) is 0 Å². The SMILES string of the molecule is C[C@@H]1CCc2ccccc2N1CC(=O)Nc1sc2c(c1C(N)=O)CCC2. The molecule has 4 rings (SSSR count). The summed E-state index contributed by atoms with van der Waals surface area (Å²) in [6, 6.07) is 8.56. The fourth-order valence-electron chi connectivity index (χ4n) is 4.07. The van der Waals surface area contributed by atoms with Crippen molar-refractivity contribution in [1.82, 2.24) is 0 Å². The Labute approximate surface area is 157 Å². The molecular weight excluding hydrogens is 346 g/mol. The van der Waals surface area contributed by atoms with Gasteiger partial charge >= 0.3 is 0 Å². The van der Waals surface area contributed by atoms with Gasteiger partial charge in [0.25, 0.3) is 5.91 Å². The Kier molecular flexibility index (Phi) is 4.44. The number of hydrogen-bond donors (Lipinski definition) is 2. The van der Waals surface area contributed by atoms with E-state index < -0.39 is 5.91 Å². The van der Waals surface area contributed by atoms with Crippen molar-refractivity contribution in [1.29, 1.82) is 0 Å². The van der Waals surface area contributed by atoms with Crippen molar-refractivity contribution >= 4 is 33.8 Å². The van der Waals surface area contributed by atoms with Crippen LogP contribution in [0.5, 0.6) is 0 Å². The summed E-state index contributed by atoms with van der Waals surface area (Å²) in [5.74, 6) is -0.549. The Morgan fingerprint density at radius 1 is 1.27 bits per heavy atom. The minimum Gasteiger partial charge on any atom is -0.365 e. The normalized spacial score (nSPS) is 18.3. The molecule has 0 bridgehead atoms. The molecule has 1 aromatic heterocycles. The van der Waals surface area contributed by atoms with Gasteiger partial charge in [0.2, 0.25) is 5.91 Å². The van der Waals surface area contributed by atoms with Crippen LogP contribution in [0.15, 0.2) is 24.3 Å². The van der Waals surface area contributed by atoms with Crippen molar-refractivity contribution in [3.8, 4) is 0 Å². The molecule has 1 aromatic carbocycles. The quantitative estimate of drug-likeness (QED) is 0.869. The second-order valence-electron chi connectivity index (χ2n) is 7.12. The lowest BCUT2D eigenvalue weighted by Gasteiger charge is -2.36. The van der Waals surface area contributed by atoms with Crippen LogP contribution in [0.2, 0.25) is 0 Å². The van der Waals surface area contributed by atoms with Gasteiger partial charge in [0.05, 0.1) is 12.1 Å². The van der Waals surface area contributed by atoms with Crippen LogP contribution in [-0.4, -0.2) is 24.4 Å². The second kappa shape index (κ2) is 6.76. The summed E-state index contributed by atoms with van der Waals surface area (Å²) in [6.07, 6.45) is 4.96. The van der Waals surface area contributed by atoms with Crippen LogP contribution in [0, 0.1) is 0 Å². The molecule has 26 heavy (non-hydrogen) atoms. The minimum absolute atomic E-state index is 0.101. The second-order valence-corrected chi connectivity index (χ2v) is 8.22. The molecule has 2 heterocycles. The molecule has 1 aliphatic heterocycles. The van der Waals surface area contributed by atoms with Crippen molar-refractivity contribution in [3.05, 3.63) is 45.8 Å². The lowest BCUT2D eigenvalue weighted by atomic mass is 9.96. The van der Waals surface area contributed by atoms with E-state index in [0.29, 0.717) is 16.6 Å². The molecule has 0 spiro atoms. The highest BCUT2D eigenvalue weighted by Gasteiger charge is 2.28. The van der Waals surface area contributed by atoms with Crippen LogP contribution >= 0.6 is 11.3 Å². The van der Waals surface area contributed by atoms with E-state index in [4.69, 9.17) is 5.73 Å². The van der Waals surface area contributed by atoms with Crippen LogP contribution in [-0.2, 0) is 24.1 Å². The molecule has 5 nitrogen and oxygen atoms in total. The summed E-state index contributed by atoms with van der Waals surface area (Å²) in [7, 11) is 0. The topological polar surface area (TPSA) is 75.4 Å². The number of carbonyl (C=O) groups excluding carboxylic acids is 2. The number of primary amides is 1. The molecule has 1 aliphatic carbocycles. The van der Waals surface area contributed by atoms with E-state index in [1.54, 1.807) is 0 Å². The number of nitrogens with two attached hydrogens (primary N) is 1. The maximum absolute atomic E-state index is 12.7. The van der Waals surface area contributed by atoms with Gasteiger partial charge in [-0.25, -0.2) is 0 Å². The molecular formula is C20H23N3O2S. The third-order valence-electron chi connectivity index (χ3n) is 5.40. The number of anilines is 2. The summed E-state index contributed by atoms with van der Waals surface area (Å²) in [4.78, 5) is 28.0. The van der Waals surface area contributed by atoms with Gasteiger partial charge in [-0.15, -0.1) is 11.3 Å². The summed E-state index contributed by atoms with van der Waals surface area (Å²) >= 11 is 1.50. The third kappa shape index (κ3) is 2.98. The summed E-state index contributed by atoms with van der Waals surface area (Å²) < 4.78 is 0. The Balaban J connectivity index is 1.54. The Hall–Kier alpha value is -2.34. The summed E-state index contributed by atoms with van der Waals surface area (Å²) in [6.45, 7) is 2.43. The molecule has 3 N–H and O–H groups in total. The highest BCUT2D eigenvalue weighted by molar-refractivity contribution is 7.17. The number of para-hydroxylation sites is 1. The van der Waals surface area contributed by atoms with E-state index in [1.165, 1.54) is 21.8 Å². The lowest BCUT2D eigenvalue weighted by molar-refractivity contribution is -0.115. The average Bonchev–Trinajstić information content (AvgIpc) is 3.17. The van der Waals surface area contributed by atoms with Gasteiger partial charge < -0.3 is 16.0 Å². The molecule has 136 valence electrons. The molecule has 6 heteroatoms. The highest BCUT2D eigenvalue weighted by atomic mass is 32.1. The summed E-state index contributed by atoms with van der Waals surface area (Å²) in [5, 5.41) is 3.57. The molecule has 2 amide bonds. The maximum Gasteiger partial charge on any atom is 0.251 e. The average molecular weight is 369 g/mol. The van der Waals surface area contributed by atoms with E-state index in [0.717, 1.165) is 43.4 Å². The van der Waals surface area contributed by atoms with E-state index in [9.17, 15) is 9.59 Å². The van der Waals surface area contributed by atoms with Gasteiger partial charge in [-0.1, -0.05) is 18.2 Å². The molecule has 2 aromatic rings. The largest absolute Gasteiger partial charge is 0.365 e. The number of carbonyl (C=O) groups is 2. The molecule has 2 aliphatic rings. The van der Waals surface area contributed by atoms with Crippen molar-refractivity contribution in [2.45, 2.75) is 45.1 Å². The third-order valence-corrected chi connectivity index (χ3v) is 6.61. The number of amides is 2. The Morgan fingerprint density at radius 3 is 2.88 bits per heavy atom. The molecule has 0 saturated heterocycles. The number of fused-ring (bicyclic) bond motifs is 2. The van der Waals surface area contributed by atoms with Gasteiger partial charge in [-0.05, 0) is 56.2 Å². The molecule has 0 radical (unpaired) electrons. The van der Waals surface area contributed by atoms with Crippen molar-refractivity contribution < 1.29 is 9.59 Å². The number of rotatable bonds is 4. The van der Waals surface area contributed by atoms with Crippen LogP contribution in [0.4, 0.5) is 10.7 Å². The molecule has 0 fully saturated rings. The monoisotopic (exact) mass is 369 g/mol. The van der Waals surface area contributed by atoms with Crippen molar-refractivity contribution in [3.63, 3.8) is 0 Å². The standard InChI is InChI=1S/C20H23N3O2S/c1-12-9-10-13-5-2-3-7-15(13)23(12)11-17(24)22-20-18(19(21)25)14-6-4-8-16(14)26-20/h2-3,5,7,12H,4,6,8-11H2,1H3,(H2,21,25)(H,22,24)/t12-/m1/s1. The first kappa shape index (κ1) is 17.1. The van der Waals surface area contributed by atoms with E-state index in [1.807, 2.05) is 12.1 Å². The predicted molar refractivity (Wildman–Crippen MR) is 105 cm³/mol. The zero-order valence-corrected chi connectivity index (χ0v) is 15.7. The molecule has 1 atom stereocenters. The predicted octanol–water partition coefficient (Wildman–Crippen LogP) is 3.12. The first-order chi connectivity index (χ1) is 12.5. The van der Waals surface area contributed by atoms with Gasteiger partial charge in [0.15, 0.2) is 0 Å². The fourth-order valence-corrected chi connectivity index (χ4v) is 5.39.